The van der Waals surface area contributed by atoms with E-state index in [4.69, 9.17) is 9.72 Å². The molecule has 2 aromatic carbocycles. The number of halogens is 1. The number of fused-ring (bicyclic) bond motifs is 1. The van der Waals surface area contributed by atoms with E-state index in [-0.39, 0.29) is 11.0 Å². The third-order valence-electron chi connectivity index (χ3n) is 9.74. The second kappa shape index (κ2) is 13.7. The van der Waals surface area contributed by atoms with Gasteiger partial charge in [0.1, 0.15) is 11.6 Å². The van der Waals surface area contributed by atoms with Gasteiger partial charge in [0.25, 0.3) is 0 Å². The average Bonchev–Trinajstić information content (AvgIpc) is 3.95. The molecule has 1 saturated carbocycles. The van der Waals surface area contributed by atoms with Crippen molar-refractivity contribution < 1.29 is 13.2 Å². The number of likely N-dealkylation sites (N-methyl/N-ethyl adjacent to an activating group) is 1. The van der Waals surface area contributed by atoms with Gasteiger partial charge in [-0.15, -0.1) is 0 Å². The molecule has 2 aromatic heterocycles. The molecular formula is C34H42BrN9O3S. The number of aromatic nitrogens is 4. The topological polar surface area (TPSA) is 129 Å². The lowest BCUT2D eigenvalue weighted by atomic mass is 10.0. The number of piperazine rings is 1. The maximum atomic E-state index is 13.1. The van der Waals surface area contributed by atoms with Gasteiger partial charge in [0.05, 0.1) is 39.3 Å². The second-order valence-electron chi connectivity index (χ2n) is 13.1. The zero-order valence-electron chi connectivity index (χ0n) is 27.6. The molecule has 0 radical (unpaired) electrons. The van der Waals surface area contributed by atoms with Gasteiger partial charge in [-0.25, -0.2) is 13.4 Å². The van der Waals surface area contributed by atoms with E-state index in [2.05, 4.69) is 82.3 Å². The summed E-state index contributed by atoms with van der Waals surface area (Å²) in [4.78, 5) is 25.7. The van der Waals surface area contributed by atoms with Gasteiger partial charge in [0.2, 0.25) is 5.95 Å². The molecule has 2 saturated heterocycles. The van der Waals surface area contributed by atoms with Crippen LogP contribution in [0.5, 0.6) is 5.75 Å². The molecule has 14 heteroatoms. The fourth-order valence-electron chi connectivity index (χ4n) is 6.81. The van der Waals surface area contributed by atoms with Crippen LogP contribution in [0.4, 0.5) is 28.8 Å². The van der Waals surface area contributed by atoms with Crippen molar-refractivity contribution in [1.29, 1.82) is 0 Å². The number of ether oxygens (including phenoxy) is 1. The number of nitrogens with one attached hydrogen (secondary N) is 2. The van der Waals surface area contributed by atoms with Gasteiger partial charge in [-0.3, -0.25) is 14.9 Å². The number of piperidine rings is 1. The summed E-state index contributed by atoms with van der Waals surface area (Å²) in [6.45, 7) is 8.77. The van der Waals surface area contributed by atoms with Crippen molar-refractivity contribution >= 4 is 65.6 Å². The van der Waals surface area contributed by atoms with Crippen LogP contribution in [0.3, 0.4) is 0 Å². The molecule has 0 unspecified atom stereocenters. The molecule has 4 heterocycles. The minimum atomic E-state index is -3.32. The number of benzene rings is 2. The monoisotopic (exact) mass is 735 g/mol. The Morgan fingerprint density at radius 3 is 2.42 bits per heavy atom. The molecule has 3 fully saturated rings. The van der Waals surface area contributed by atoms with Gasteiger partial charge in [-0.05, 0) is 79.3 Å². The minimum absolute atomic E-state index is 0.125. The molecule has 0 spiro atoms. The highest BCUT2D eigenvalue weighted by molar-refractivity contribution is 9.10. The zero-order valence-corrected chi connectivity index (χ0v) is 30.0. The summed E-state index contributed by atoms with van der Waals surface area (Å²) in [5.41, 5.74) is 5.46. The molecule has 7 rings (SSSR count). The van der Waals surface area contributed by atoms with E-state index < -0.39 is 9.84 Å². The highest BCUT2D eigenvalue weighted by Crippen LogP contribution is 2.38. The van der Waals surface area contributed by atoms with Crippen molar-refractivity contribution in [2.45, 2.75) is 49.7 Å². The highest BCUT2D eigenvalue weighted by Gasteiger charge is 2.36. The number of sulfone groups is 1. The van der Waals surface area contributed by atoms with Crippen LogP contribution in [0.15, 0.2) is 47.3 Å². The number of hydrogen-bond donors (Lipinski definition) is 2. The van der Waals surface area contributed by atoms with E-state index in [0.29, 0.717) is 63.2 Å². The fraction of sp³-hybridized carbons (Fsp3) is 0.471. The first-order valence-corrected chi connectivity index (χ1v) is 19.1. The Morgan fingerprint density at radius 1 is 0.938 bits per heavy atom. The summed E-state index contributed by atoms with van der Waals surface area (Å²) < 4.78 is 32.7. The van der Waals surface area contributed by atoms with Gasteiger partial charge < -0.3 is 25.2 Å². The fourth-order valence-corrected chi connectivity index (χ4v) is 8.88. The van der Waals surface area contributed by atoms with Gasteiger partial charge in [-0.2, -0.15) is 4.98 Å². The summed E-state index contributed by atoms with van der Waals surface area (Å²) in [5, 5.41) is 6.41. The largest absolute Gasteiger partial charge is 0.494 e. The molecule has 4 aromatic rings. The molecule has 12 nitrogen and oxygen atoms in total. The summed E-state index contributed by atoms with van der Waals surface area (Å²) in [6.07, 6.45) is 8.57. The van der Waals surface area contributed by atoms with Crippen LogP contribution in [-0.2, 0) is 15.6 Å². The average molecular weight is 737 g/mol. The van der Waals surface area contributed by atoms with Gasteiger partial charge in [-0.1, -0.05) is 0 Å². The number of aryl methyl sites for hydroxylation is 1. The first kappa shape index (κ1) is 32.9. The van der Waals surface area contributed by atoms with E-state index in [1.807, 2.05) is 12.1 Å². The van der Waals surface area contributed by atoms with Crippen LogP contribution in [0.2, 0.25) is 0 Å². The van der Waals surface area contributed by atoms with Gasteiger partial charge in [0.15, 0.2) is 9.84 Å². The number of hydrogen-bond acceptors (Lipinski definition) is 12. The van der Waals surface area contributed by atoms with E-state index in [9.17, 15) is 8.42 Å². The van der Waals surface area contributed by atoms with Crippen molar-refractivity contribution in [2.24, 2.45) is 0 Å². The Balaban J connectivity index is 1.10. The Morgan fingerprint density at radius 2 is 1.69 bits per heavy atom. The van der Waals surface area contributed by atoms with Crippen molar-refractivity contribution in [3.8, 4) is 5.75 Å². The molecule has 48 heavy (non-hydrogen) atoms. The molecule has 0 atom stereocenters. The normalized spacial score (nSPS) is 18.3. The van der Waals surface area contributed by atoms with Crippen molar-refractivity contribution in [1.82, 2.24) is 29.7 Å². The van der Waals surface area contributed by atoms with Crippen LogP contribution < -0.4 is 20.3 Å². The summed E-state index contributed by atoms with van der Waals surface area (Å²) in [5.74, 6) is 1.43. The molecule has 0 amide bonds. The predicted molar refractivity (Wildman–Crippen MR) is 194 cm³/mol. The third-order valence-corrected chi connectivity index (χ3v) is 12.5. The smallest absolute Gasteiger partial charge is 0.229 e. The molecule has 2 N–H and O–H groups in total. The zero-order chi connectivity index (χ0) is 33.4. The van der Waals surface area contributed by atoms with Crippen molar-refractivity contribution in [2.75, 3.05) is 69.0 Å². The molecular weight excluding hydrogens is 694 g/mol. The van der Waals surface area contributed by atoms with Crippen LogP contribution in [0.1, 0.15) is 36.8 Å². The summed E-state index contributed by atoms with van der Waals surface area (Å²) in [6, 6.07) is 8.50. The number of nitrogens with zero attached hydrogens (tertiary/aromatic N) is 7. The van der Waals surface area contributed by atoms with E-state index in [1.165, 1.54) is 5.69 Å². The number of rotatable bonds is 10. The molecule has 1 aliphatic carbocycles. The first-order chi connectivity index (χ1) is 23.2. The quantitative estimate of drug-likeness (QED) is 0.220. The first-order valence-electron chi connectivity index (χ1n) is 16.6. The Kier molecular flexibility index (Phi) is 9.42. The number of anilines is 5. The van der Waals surface area contributed by atoms with Crippen LogP contribution in [0.25, 0.3) is 11.0 Å². The van der Waals surface area contributed by atoms with Crippen molar-refractivity contribution in [3.05, 3.63) is 58.5 Å². The van der Waals surface area contributed by atoms with E-state index >= 15 is 0 Å². The molecule has 2 aliphatic heterocycles. The Labute approximate surface area is 290 Å². The lowest BCUT2D eigenvalue weighted by Crippen LogP contribution is -2.52. The lowest BCUT2D eigenvalue weighted by Gasteiger charge is -2.43. The van der Waals surface area contributed by atoms with Crippen LogP contribution >= 0.6 is 15.9 Å². The van der Waals surface area contributed by atoms with Gasteiger partial charge in [0, 0.05) is 86.9 Å². The SMILES string of the molecule is COc1cc(N2CCC(N3CCN(C)CC3)CC2)c(C)cc1Nc1ncc(Br)c(Nc2ccc3nccnc3c2CS(=O)(=O)C2CC2)n1. The maximum Gasteiger partial charge on any atom is 0.229 e. The van der Waals surface area contributed by atoms with E-state index in [1.54, 1.807) is 25.7 Å². The van der Waals surface area contributed by atoms with Gasteiger partial charge >= 0.3 is 0 Å². The van der Waals surface area contributed by atoms with E-state index in [0.717, 1.165) is 63.4 Å². The maximum absolute atomic E-state index is 13.1. The summed E-state index contributed by atoms with van der Waals surface area (Å²) in [7, 11) is 0.557. The number of methoxy groups -OCH3 is 1. The lowest BCUT2D eigenvalue weighted by molar-refractivity contribution is 0.0982. The highest BCUT2D eigenvalue weighted by atomic mass is 79.9. The second-order valence-corrected chi connectivity index (χ2v) is 16.2. The minimum Gasteiger partial charge on any atom is -0.494 e. The molecule has 0 bridgehead atoms. The molecule has 254 valence electrons. The van der Waals surface area contributed by atoms with Crippen LogP contribution in [-0.4, -0.2) is 103 Å². The Bertz CT molecular complexity index is 1910. The third kappa shape index (κ3) is 7.07. The summed E-state index contributed by atoms with van der Waals surface area (Å²) >= 11 is 3.57. The predicted octanol–water partition coefficient (Wildman–Crippen LogP) is 5.28. The Hall–Kier alpha value is -3.59. The van der Waals surface area contributed by atoms with Crippen molar-refractivity contribution in [3.63, 3.8) is 0 Å². The molecule has 3 aliphatic rings. The standard InChI is InChI=1S/C34H42BrN9O3S/c1-22-18-29(31(47-3)19-30(22)44-12-8-23(9-13-44)43-16-14-42(2)15-17-43)40-34-38-20-26(35)33(41-34)39-27-6-7-28-32(37-11-10-36-28)25(27)21-48(45,46)24-4-5-24/h6-7,10-11,18-20,23-24H,4-5,8-9,12-17,21H2,1-3H3,(H2,38,39,40,41). The van der Waals surface area contributed by atoms with Crippen LogP contribution in [0, 0.1) is 6.92 Å².